The fourth-order valence-electron chi connectivity index (χ4n) is 3.88. The normalized spacial score (nSPS) is 24.0. The highest BCUT2D eigenvalue weighted by molar-refractivity contribution is 5.78. The van der Waals surface area contributed by atoms with Crippen LogP contribution in [0, 0.1) is 5.92 Å². The maximum absolute atomic E-state index is 12.4. The summed E-state index contributed by atoms with van der Waals surface area (Å²) in [4.78, 5) is 17.0. The maximum Gasteiger partial charge on any atom is 0.248 e. The molecule has 5 heteroatoms. The quantitative estimate of drug-likeness (QED) is 0.800. The van der Waals surface area contributed by atoms with Gasteiger partial charge in [0.15, 0.2) is 0 Å². The van der Waals surface area contributed by atoms with E-state index in [2.05, 4.69) is 21.9 Å². The van der Waals surface area contributed by atoms with Crippen molar-refractivity contribution in [3.05, 3.63) is 29.8 Å². The second-order valence-corrected chi connectivity index (χ2v) is 6.82. The third-order valence-electron chi connectivity index (χ3n) is 5.10. The number of hydrogen-bond donors (Lipinski definition) is 0. The Morgan fingerprint density at radius 2 is 1.96 bits per heavy atom. The van der Waals surface area contributed by atoms with Crippen molar-refractivity contribution in [3.8, 4) is 5.75 Å². The molecule has 1 amide bonds. The van der Waals surface area contributed by atoms with Gasteiger partial charge in [-0.1, -0.05) is 12.1 Å². The maximum atomic E-state index is 12.4. The molecular formula is C19H28N2O3. The van der Waals surface area contributed by atoms with Gasteiger partial charge in [0, 0.05) is 38.8 Å². The number of rotatable bonds is 6. The van der Waals surface area contributed by atoms with Gasteiger partial charge in [0.25, 0.3) is 0 Å². The average Bonchev–Trinajstić information content (AvgIpc) is 2.91. The van der Waals surface area contributed by atoms with E-state index in [1.54, 1.807) is 7.11 Å². The SMILES string of the molecule is CCOCC(=O)N1C[C@H]2CC[C@@H]1CN(Cc1ccc(OC)cc1)C2. The first kappa shape index (κ1) is 17.2. The highest BCUT2D eigenvalue weighted by Gasteiger charge is 2.36. The van der Waals surface area contributed by atoms with Gasteiger partial charge in [-0.05, 0) is 43.4 Å². The minimum absolute atomic E-state index is 0.151. The number of carbonyl (C=O) groups excluding carboxylic acids is 1. The lowest BCUT2D eigenvalue weighted by molar-refractivity contribution is -0.140. The van der Waals surface area contributed by atoms with Crippen LogP contribution in [0.1, 0.15) is 25.3 Å². The van der Waals surface area contributed by atoms with Crippen LogP contribution < -0.4 is 4.74 Å². The van der Waals surface area contributed by atoms with E-state index in [0.29, 0.717) is 18.6 Å². The lowest BCUT2D eigenvalue weighted by Crippen LogP contribution is -2.48. The molecule has 0 aliphatic carbocycles. The monoisotopic (exact) mass is 332 g/mol. The van der Waals surface area contributed by atoms with Crippen LogP contribution in [0.15, 0.2) is 24.3 Å². The molecule has 1 aromatic carbocycles. The summed E-state index contributed by atoms with van der Waals surface area (Å²) >= 11 is 0. The molecule has 3 heterocycles. The molecule has 24 heavy (non-hydrogen) atoms. The van der Waals surface area contributed by atoms with E-state index in [1.165, 1.54) is 12.0 Å². The minimum Gasteiger partial charge on any atom is -0.497 e. The van der Waals surface area contributed by atoms with E-state index < -0.39 is 0 Å². The van der Waals surface area contributed by atoms with Crippen molar-refractivity contribution in [1.29, 1.82) is 0 Å². The van der Waals surface area contributed by atoms with Crippen LogP contribution in [-0.2, 0) is 16.1 Å². The van der Waals surface area contributed by atoms with Crippen molar-refractivity contribution in [2.24, 2.45) is 5.92 Å². The summed E-state index contributed by atoms with van der Waals surface area (Å²) in [6.07, 6.45) is 2.34. The summed E-state index contributed by atoms with van der Waals surface area (Å²) in [6, 6.07) is 8.61. The molecule has 0 radical (unpaired) electrons. The number of piperidine rings is 1. The summed E-state index contributed by atoms with van der Waals surface area (Å²) in [6.45, 7) is 6.59. The second kappa shape index (κ2) is 7.99. The minimum atomic E-state index is 0.151. The van der Waals surface area contributed by atoms with Crippen LogP contribution in [0.3, 0.4) is 0 Å². The molecule has 0 unspecified atom stereocenters. The summed E-state index contributed by atoms with van der Waals surface area (Å²) < 4.78 is 10.6. The van der Waals surface area contributed by atoms with Crippen LogP contribution in [0.25, 0.3) is 0 Å². The lowest BCUT2D eigenvalue weighted by atomic mass is 9.95. The summed E-state index contributed by atoms with van der Waals surface area (Å²) in [5.74, 6) is 1.62. The van der Waals surface area contributed by atoms with Crippen molar-refractivity contribution in [1.82, 2.24) is 9.80 Å². The van der Waals surface area contributed by atoms with Gasteiger partial charge in [0.05, 0.1) is 7.11 Å². The van der Waals surface area contributed by atoms with E-state index >= 15 is 0 Å². The third kappa shape index (κ3) is 4.08. The predicted octanol–water partition coefficient (Wildman–Crippen LogP) is 2.15. The van der Waals surface area contributed by atoms with Crippen LogP contribution in [0.5, 0.6) is 5.75 Å². The predicted molar refractivity (Wildman–Crippen MR) is 93.0 cm³/mol. The van der Waals surface area contributed by atoms with E-state index in [-0.39, 0.29) is 12.5 Å². The molecule has 3 saturated heterocycles. The first-order valence-corrected chi connectivity index (χ1v) is 8.92. The average molecular weight is 332 g/mol. The molecule has 0 spiro atoms. The smallest absolute Gasteiger partial charge is 0.248 e. The first-order valence-electron chi connectivity index (χ1n) is 8.92. The Bertz CT molecular complexity index is 546. The number of methoxy groups -OCH3 is 1. The number of carbonyl (C=O) groups is 1. The number of amides is 1. The standard InChI is InChI=1S/C19H28N2O3/c1-3-24-14-19(22)21-12-16-4-7-17(21)13-20(11-16)10-15-5-8-18(23-2)9-6-15/h5-6,8-9,16-17H,3-4,7,10-14H2,1-2H3/t16-,17+/m0/s1. The zero-order chi connectivity index (χ0) is 16.9. The van der Waals surface area contributed by atoms with Crippen LogP contribution in [-0.4, -0.2) is 61.7 Å². The van der Waals surface area contributed by atoms with Gasteiger partial charge in [0.2, 0.25) is 5.91 Å². The Morgan fingerprint density at radius 1 is 1.17 bits per heavy atom. The molecule has 2 bridgehead atoms. The number of nitrogens with zero attached hydrogens (tertiary/aromatic N) is 2. The van der Waals surface area contributed by atoms with Crippen LogP contribution >= 0.6 is 0 Å². The first-order chi connectivity index (χ1) is 11.7. The Morgan fingerprint density at radius 3 is 2.67 bits per heavy atom. The van der Waals surface area contributed by atoms with Gasteiger partial charge in [-0.2, -0.15) is 0 Å². The van der Waals surface area contributed by atoms with Gasteiger partial charge < -0.3 is 14.4 Å². The van der Waals surface area contributed by atoms with Crippen LogP contribution in [0.2, 0.25) is 0 Å². The highest BCUT2D eigenvalue weighted by atomic mass is 16.5. The molecule has 3 aliphatic rings. The zero-order valence-corrected chi connectivity index (χ0v) is 14.7. The largest absolute Gasteiger partial charge is 0.497 e. The summed E-state index contributed by atoms with van der Waals surface area (Å²) in [5, 5.41) is 0. The Labute approximate surface area is 144 Å². The number of fused-ring (bicyclic) bond motifs is 4. The Balaban J connectivity index is 1.62. The number of benzene rings is 1. The van der Waals surface area contributed by atoms with E-state index in [0.717, 1.165) is 38.3 Å². The third-order valence-corrected chi connectivity index (χ3v) is 5.10. The second-order valence-electron chi connectivity index (χ2n) is 6.82. The van der Waals surface area contributed by atoms with Crippen molar-refractivity contribution < 1.29 is 14.3 Å². The molecule has 0 aromatic heterocycles. The molecule has 0 N–H and O–H groups in total. The van der Waals surface area contributed by atoms with Gasteiger partial charge >= 0.3 is 0 Å². The number of ether oxygens (including phenoxy) is 2. The van der Waals surface area contributed by atoms with Gasteiger partial charge in [-0.15, -0.1) is 0 Å². The van der Waals surface area contributed by atoms with E-state index in [4.69, 9.17) is 9.47 Å². The molecule has 0 saturated carbocycles. The topological polar surface area (TPSA) is 42.0 Å². The Hall–Kier alpha value is -1.59. The van der Waals surface area contributed by atoms with Crippen molar-refractivity contribution in [2.45, 2.75) is 32.4 Å². The van der Waals surface area contributed by atoms with Crippen molar-refractivity contribution >= 4 is 5.91 Å². The van der Waals surface area contributed by atoms with Crippen molar-refractivity contribution in [3.63, 3.8) is 0 Å². The summed E-state index contributed by atoms with van der Waals surface area (Å²) in [5.41, 5.74) is 1.30. The van der Waals surface area contributed by atoms with E-state index in [1.807, 2.05) is 19.1 Å². The molecule has 2 atom stereocenters. The molecular weight excluding hydrogens is 304 g/mol. The summed E-state index contributed by atoms with van der Waals surface area (Å²) in [7, 11) is 1.69. The van der Waals surface area contributed by atoms with Gasteiger partial charge in [-0.25, -0.2) is 0 Å². The van der Waals surface area contributed by atoms with Crippen LogP contribution in [0.4, 0.5) is 0 Å². The molecule has 3 aliphatic heterocycles. The molecule has 5 nitrogen and oxygen atoms in total. The zero-order valence-electron chi connectivity index (χ0n) is 14.7. The molecule has 3 fully saturated rings. The number of hydrogen-bond acceptors (Lipinski definition) is 4. The highest BCUT2D eigenvalue weighted by Crippen LogP contribution is 2.29. The van der Waals surface area contributed by atoms with E-state index in [9.17, 15) is 4.79 Å². The van der Waals surface area contributed by atoms with Crippen molar-refractivity contribution in [2.75, 3.05) is 40.0 Å². The Kier molecular flexibility index (Phi) is 5.74. The lowest BCUT2D eigenvalue weighted by Gasteiger charge is -2.36. The molecule has 132 valence electrons. The van der Waals surface area contributed by atoms with Gasteiger partial charge in [-0.3, -0.25) is 9.69 Å². The molecule has 1 aromatic rings. The fourth-order valence-corrected chi connectivity index (χ4v) is 3.88. The fraction of sp³-hybridized carbons (Fsp3) is 0.632. The van der Waals surface area contributed by atoms with Gasteiger partial charge in [0.1, 0.15) is 12.4 Å². The molecule has 4 rings (SSSR count).